The molecule has 1 atom stereocenters. The van der Waals surface area contributed by atoms with Crippen molar-refractivity contribution in [1.82, 2.24) is 5.32 Å². The third-order valence-corrected chi connectivity index (χ3v) is 4.84. The third kappa shape index (κ3) is 6.05. The molecular weight excluding hydrogens is 398 g/mol. The largest absolute Gasteiger partial charge is 0.462 e. The Morgan fingerprint density at radius 1 is 1.31 bits per heavy atom. The van der Waals surface area contributed by atoms with Crippen molar-refractivity contribution in [3.8, 4) is 0 Å². The summed E-state index contributed by atoms with van der Waals surface area (Å²) in [5, 5.41) is 17.5. The Morgan fingerprint density at radius 2 is 2.00 bits per heavy atom. The molecule has 10 heteroatoms. The van der Waals surface area contributed by atoms with E-state index in [1.165, 1.54) is 23.5 Å². The van der Waals surface area contributed by atoms with Gasteiger partial charge in [-0.2, -0.15) is 0 Å². The van der Waals surface area contributed by atoms with Crippen LogP contribution < -0.4 is 10.6 Å². The van der Waals surface area contributed by atoms with Gasteiger partial charge < -0.3 is 20.1 Å². The number of nitrogens with zero attached hydrogens (tertiary/aromatic N) is 1. The highest BCUT2D eigenvalue weighted by atomic mass is 32.1. The number of alkyl carbamates (subject to hydrolysis) is 1. The number of benzene rings is 1. The lowest BCUT2D eigenvalue weighted by Crippen LogP contribution is -2.40. The highest BCUT2D eigenvalue weighted by molar-refractivity contribution is 7.21. The first kappa shape index (κ1) is 22.4. The van der Waals surface area contributed by atoms with E-state index in [1.54, 1.807) is 40.7 Å². The van der Waals surface area contributed by atoms with Crippen molar-refractivity contribution in [3.63, 3.8) is 0 Å². The molecule has 0 fully saturated rings. The molecule has 1 heterocycles. The number of hydrogen-bond acceptors (Lipinski definition) is 8. The number of thiophene rings is 1. The lowest BCUT2D eigenvalue weighted by atomic mass is 10.2. The molecule has 158 valence electrons. The van der Waals surface area contributed by atoms with Crippen LogP contribution in [0.15, 0.2) is 18.2 Å². The fourth-order valence-corrected chi connectivity index (χ4v) is 3.58. The van der Waals surface area contributed by atoms with Gasteiger partial charge in [-0.1, -0.05) is 0 Å². The van der Waals surface area contributed by atoms with Crippen LogP contribution in [0, 0.1) is 10.1 Å². The highest BCUT2D eigenvalue weighted by Gasteiger charge is 2.23. The standard InChI is InChI=1S/C19H25N3O6S/c1-6-27-17(23)16-15(13-9-12(22(25)26)7-8-14(13)29-16)20-10-11(2)21-18(24)28-19(3,4)5/h7-9,11,20H,6,10H2,1-5H3,(H,21,24)/t11-/m0/s1. The fraction of sp³-hybridized carbons (Fsp3) is 0.474. The summed E-state index contributed by atoms with van der Waals surface area (Å²) in [4.78, 5) is 35.2. The maximum absolute atomic E-state index is 12.4. The van der Waals surface area contributed by atoms with Gasteiger partial charge in [0.05, 0.1) is 17.2 Å². The van der Waals surface area contributed by atoms with Gasteiger partial charge in [-0.3, -0.25) is 10.1 Å². The van der Waals surface area contributed by atoms with Crippen LogP contribution in [0.3, 0.4) is 0 Å². The average Bonchev–Trinajstić information content (AvgIpc) is 2.96. The number of amides is 1. The zero-order valence-corrected chi connectivity index (χ0v) is 17.8. The lowest BCUT2D eigenvalue weighted by molar-refractivity contribution is -0.384. The molecule has 9 nitrogen and oxygen atoms in total. The molecule has 1 aromatic carbocycles. The van der Waals surface area contributed by atoms with Gasteiger partial charge in [0.25, 0.3) is 5.69 Å². The summed E-state index contributed by atoms with van der Waals surface area (Å²) in [6, 6.07) is 4.09. The van der Waals surface area contributed by atoms with Crippen LogP contribution in [-0.4, -0.2) is 41.8 Å². The molecule has 0 bridgehead atoms. The molecule has 0 saturated carbocycles. The Kier molecular flexibility index (Phi) is 7.02. The molecule has 1 aromatic heterocycles. The molecule has 0 aliphatic carbocycles. The van der Waals surface area contributed by atoms with Gasteiger partial charge in [0.2, 0.25) is 0 Å². The number of carbonyl (C=O) groups is 2. The molecule has 1 amide bonds. The zero-order chi connectivity index (χ0) is 21.8. The number of non-ortho nitro benzene ring substituents is 1. The molecule has 2 aromatic rings. The van der Waals surface area contributed by atoms with Gasteiger partial charge in [0.1, 0.15) is 10.5 Å². The summed E-state index contributed by atoms with van der Waals surface area (Å²) in [7, 11) is 0. The summed E-state index contributed by atoms with van der Waals surface area (Å²) < 4.78 is 11.1. The number of fused-ring (bicyclic) bond motifs is 1. The molecule has 0 aliphatic rings. The van der Waals surface area contributed by atoms with Crippen molar-refractivity contribution in [1.29, 1.82) is 0 Å². The average molecular weight is 423 g/mol. The van der Waals surface area contributed by atoms with E-state index in [4.69, 9.17) is 9.47 Å². The molecule has 0 spiro atoms. The Labute approximate surface area is 172 Å². The zero-order valence-electron chi connectivity index (χ0n) is 17.0. The minimum atomic E-state index is -0.614. The van der Waals surface area contributed by atoms with Crippen molar-refractivity contribution in [2.24, 2.45) is 0 Å². The second-order valence-electron chi connectivity index (χ2n) is 7.39. The van der Waals surface area contributed by atoms with Crippen LogP contribution in [0.2, 0.25) is 0 Å². The van der Waals surface area contributed by atoms with Gasteiger partial charge in [-0.25, -0.2) is 9.59 Å². The quantitative estimate of drug-likeness (QED) is 0.387. The molecule has 2 N–H and O–H groups in total. The monoisotopic (exact) mass is 423 g/mol. The summed E-state index contributed by atoms with van der Waals surface area (Å²) in [6.45, 7) is 9.28. The predicted molar refractivity (Wildman–Crippen MR) is 112 cm³/mol. The van der Waals surface area contributed by atoms with Crippen LogP contribution in [0.4, 0.5) is 16.2 Å². The lowest BCUT2D eigenvalue weighted by Gasteiger charge is -2.22. The molecule has 0 unspecified atom stereocenters. The fourth-order valence-electron chi connectivity index (χ4n) is 2.53. The number of esters is 1. The second-order valence-corrected chi connectivity index (χ2v) is 8.44. The smallest absolute Gasteiger partial charge is 0.407 e. The van der Waals surface area contributed by atoms with E-state index in [0.29, 0.717) is 20.7 Å². The Morgan fingerprint density at radius 3 is 2.59 bits per heavy atom. The number of carbonyl (C=O) groups excluding carboxylic acids is 2. The first-order chi connectivity index (χ1) is 13.5. The second kappa shape index (κ2) is 9.08. The van der Waals surface area contributed by atoms with Gasteiger partial charge in [0, 0.05) is 34.8 Å². The molecule has 0 aliphatic heterocycles. The summed E-state index contributed by atoms with van der Waals surface area (Å²) in [5.41, 5.74) is -0.241. The van der Waals surface area contributed by atoms with Gasteiger partial charge in [-0.05, 0) is 40.7 Å². The number of ether oxygens (including phenoxy) is 2. The summed E-state index contributed by atoms with van der Waals surface area (Å²) in [5.74, 6) is -0.508. The molecule has 2 rings (SSSR count). The predicted octanol–water partition coefficient (Wildman–Crippen LogP) is 4.31. The van der Waals surface area contributed by atoms with Crippen LogP contribution in [0.25, 0.3) is 10.1 Å². The van der Waals surface area contributed by atoms with Gasteiger partial charge >= 0.3 is 12.1 Å². The third-order valence-electron chi connectivity index (χ3n) is 3.69. The van der Waals surface area contributed by atoms with E-state index in [9.17, 15) is 19.7 Å². The maximum atomic E-state index is 12.4. The molecule has 29 heavy (non-hydrogen) atoms. The van der Waals surface area contributed by atoms with E-state index in [2.05, 4.69) is 10.6 Å². The van der Waals surface area contributed by atoms with Crippen molar-refractivity contribution in [2.45, 2.75) is 46.3 Å². The summed E-state index contributed by atoms with van der Waals surface area (Å²) in [6.07, 6.45) is -0.553. The van der Waals surface area contributed by atoms with E-state index >= 15 is 0 Å². The molecule has 0 saturated heterocycles. The van der Waals surface area contributed by atoms with E-state index in [-0.39, 0.29) is 24.9 Å². The number of rotatable bonds is 7. The van der Waals surface area contributed by atoms with Crippen molar-refractivity contribution < 1.29 is 24.0 Å². The number of nitro benzene ring substituents is 1. The number of hydrogen-bond donors (Lipinski definition) is 2. The van der Waals surface area contributed by atoms with Gasteiger partial charge in [0.15, 0.2) is 0 Å². The first-order valence-corrected chi connectivity index (χ1v) is 9.95. The van der Waals surface area contributed by atoms with Crippen LogP contribution >= 0.6 is 11.3 Å². The number of nitro groups is 1. The van der Waals surface area contributed by atoms with Crippen molar-refractivity contribution in [3.05, 3.63) is 33.2 Å². The van der Waals surface area contributed by atoms with Gasteiger partial charge in [-0.15, -0.1) is 11.3 Å². The van der Waals surface area contributed by atoms with Crippen LogP contribution in [0.1, 0.15) is 44.3 Å². The minimum absolute atomic E-state index is 0.0753. The minimum Gasteiger partial charge on any atom is -0.462 e. The molecular formula is C19H25N3O6S. The normalized spacial score (nSPS) is 12.3. The Balaban J connectivity index is 2.25. The van der Waals surface area contributed by atoms with Crippen LogP contribution in [-0.2, 0) is 9.47 Å². The van der Waals surface area contributed by atoms with E-state index in [1.807, 2.05) is 0 Å². The number of nitrogens with one attached hydrogen (secondary N) is 2. The first-order valence-electron chi connectivity index (χ1n) is 9.13. The van der Waals surface area contributed by atoms with E-state index in [0.717, 1.165) is 0 Å². The molecule has 0 radical (unpaired) electrons. The van der Waals surface area contributed by atoms with Crippen molar-refractivity contribution >= 4 is 44.9 Å². The highest BCUT2D eigenvalue weighted by Crippen LogP contribution is 2.38. The maximum Gasteiger partial charge on any atom is 0.407 e. The Hall–Kier alpha value is -2.88. The Bertz CT molecular complexity index is 919. The topological polar surface area (TPSA) is 120 Å². The summed E-state index contributed by atoms with van der Waals surface area (Å²) >= 11 is 1.19. The SMILES string of the molecule is CCOC(=O)c1sc2ccc([N+](=O)[O-])cc2c1NC[C@H](C)NC(=O)OC(C)(C)C. The number of anilines is 1. The van der Waals surface area contributed by atoms with Crippen molar-refractivity contribution in [2.75, 3.05) is 18.5 Å². The van der Waals surface area contributed by atoms with E-state index < -0.39 is 22.6 Å². The van der Waals surface area contributed by atoms with Crippen LogP contribution in [0.5, 0.6) is 0 Å².